The van der Waals surface area contributed by atoms with Gasteiger partial charge in [0.05, 0.1) is 6.04 Å². The minimum absolute atomic E-state index is 0.0148. The van der Waals surface area contributed by atoms with Gasteiger partial charge in [-0.05, 0) is 22.6 Å². The quantitative estimate of drug-likeness (QED) is 0.796. The topological polar surface area (TPSA) is 20.3 Å². The van der Waals surface area contributed by atoms with Gasteiger partial charge >= 0.3 is 0 Å². The number of hydrogen-bond donors (Lipinski definition) is 0. The first kappa shape index (κ1) is 13.9. The molecule has 3 rings (SSSR count). The van der Waals surface area contributed by atoms with Crippen LogP contribution in [0.5, 0.6) is 0 Å². The summed E-state index contributed by atoms with van der Waals surface area (Å²) in [4.78, 5) is 14.8. The van der Waals surface area contributed by atoms with Crippen molar-refractivity contribution in [3.8, 4) is 0 Å². The van der Waals surface area contributed by atoms with Crippen molar-refractivity contribution >= 4 is 5.91 Å². The Morgan fingerprint density at radius 1 is 0.952 bits per heavy atom. The van der Waals surface area contributed by atoms with Gasteiger partial charge in [0.25, 0.3) is 5.91 Å². The van der Waals surface area contributed by atoms with Crippen LogP contribution in [-0.2, 0) is 6.54 Å². The molecule has 0 radical (unpaired) electrons. The van der Waals surface area contributed by atoms with Crippen molar-refractivity contribution in [2.24, 2.45) is 5.41 Å². The Balaban J connectivity index is 2.03. The maximum atomic E-state index is 12.8. The van der Waals surface area contributed by atoms with Crippen LogP contribution >= 0.6 is 0 Å². The molecule has 1 atom stereocenters. The number of rotatable bonds is 2. The second kappa shape index (κ2) is 5.03. The number of carbonyl (C=O) groups is 1. The second-order valence-electron chi connectivity index (χ2n) is 6.77. The van der Waals surface area contributed by atoms with Gasteiger partial charge in [-0.1, -0.05) is 69.3 Å². The summed E-state index contributed by atoms with van der Waals surface area (Å²) in [5, 5.41) is 0. The van der Waals surface area contributed by atoms with Gasteiger partial charge in [-0.25, -0.2) is 0 Å². The van der Waals surface area contributed by atoms with E-state index in [1.165, 1.54) is 5.56 Å². The average molecular weight is 279 g/mol. The van der Waals surface area contributed by atoms with Crippen molar-refractivity contribution in [2.75, 3.05) is 0 Å². The molecule has 0 saturated heterocycles. The Morgan fingerprint density at radius 3 is 2.19 bits per heavy atom. The maximum absolute atomic E-state index is 12.8. The Kier molecular flexibility index (Phi) is 3.32. The Morgan fingerprint density at radius 2 is 1.57 bits per heavy atom. The summed E-state index contributed by atoms with van der Waals surface area (Å²) in [5.74, 6) is 0.148. The summed E-state index contributed by atoms with van der Waals surface area (Å²) >= 11 is 0. The zero-order chi connectivity index (χ0) is 15.0. The lowest BCUT2D eigenvalue weighted by molar-refractivity contribution is 0.0537. The Labute approximate surface area is 126 Å². The van der Waals surface area contributed by atoms with E-state index >= 15 is 0 Å². The third-order valence-corrected chi connectivity index (χ3v) is 4.10. The molecule has 2 nitrogen and oxygen atoms in total. The normalized spacial score (nSPS) is 16.0. The molecule has 0 saturated carbocycles. The van der Waals surface area contributed by atoms with Gasteiger partial charge in [0.1, 0.15) is 0 Å². The number of nitrogens with zero attached hydrogens (tertiary/aromatic N) is 1. The van der Waals surface area contributed by atoms with E-state index in [2.05, 4.69) is 39.0 Å². The van der Waals surface area contributed by atoms with Gasteiger partial charge in [0.2, 0.25) is 0 Å². The molecule has 1 unspecified atom stereocenters. The molecule has 1 heterocycles. The predicted octanol–water partition coefficient (Wildman–Crippen LogP) is 4.43. The largest absolute Gasteiger partial charge is 0.327 e. The highest BCUT2D eigenvalue weighted by Gasteiger charge is 2.39. The molecule has 0 N–H and O–H groups in total. The van der Waals surface area contributed by atoms with Crippen LogP contribution in [0.25, 0.3) is 0 Å². The van der Waals surface area contributed by atoms with Crippen LogP contribution in [0.4, 0.5) is 0 Å². The third kappa shape index (κ3) is 2.46. The van der Waals surface area contributed by atoms with Gasteiger partial charge in [0.15, 0.2) is 0 Å². The summed E-state index contributed by atoms with van der Waals surface area (Å²) in [6.45, 7) is 7.29. The number of carbonyl (C=O) groups excluding carboxylic acids is 1. The SMILES string of the molecule is CC(C)(C)C(c1ccccc1)N1Cc2ccccc2C1=O. The van der Waals surface area contributed by atoms with Gasteiger partial charge in [-0.15, -0.1) is 0 Å². The molecule has 1 amide bonds. The van der Waals surface area contributed by atoms with Gasteiger partial charge in [-0.2, -0.15) is 0 Å². The lowest BCUT2D eigenvalue weighted by atomic mass is 9.81. The number of benzene rings is 2. The van der Waals surface area contributed by atoms with Gasteiger partial charge in [0, 0.05) is 12.1 Å². The summed E-state index contributed by atoms with van der Waals surface area (Å²) < 4.78 is 0. The molecular formula is C19H21NO. The van der Waals surface area contributed by atoms with Gasteiger partial charge in [-0.3, -0.25) is 4.79 Å². The zero-order valence-corrected chi connectivity index (χ0v) is 12.8. The molecule has 2 heteroatoms. The molecule has 1 aliphatic rings. The van der Waals surface area contributed by atoms with E-state index < -0.39 is 0 Å². The summed E-state index contributed by atoms with van der Waals surface area (Å²) in [6.07, 6.45) is 0. The fourth-order valence-corrected chi connectivity index (χ4v) is 3.27. The first-order valence-corrected chi connectivity index (χ1v) is 7.42. The summed E-state index contributed by atoms with van der Waals surface area (Å²) in [7, 11) is 0. The van der Waals surface area contributed by atoms with Crippen LogP contribution in [0.2, 0.25) is 0 Å². The summed E-state index contributed by atoms with van der Waals surface area (Å²) in [6, 6.07) is 18.4. The van der Waals surface area contributed by atoms with E-state index in [4.69, 9.17) is 0 Å². The van der Waals surface area contributed by atoms with Crippen molar-refractivity contribution < 1.29 is 4.79 Å². The van der Waals surface area contributed by atoms with Crippen molar-refractivity contribution in [3.63, 3.8) is 0 Å². The van der Waals surface area contributed by atoms with Crippen molar-refractivity contribution in [3.05, 3.63) is 71.3 Å². The van der Waals surface area contributed by atoms with E-state index in [0.717, 1.165) is 11.1 Å². The third-order valence-electron chi connectivity index (χ3n) is 4.10. The lowest BCUT2D eigenvalue weighted by Crippen LogP contribution is -2.37. The molecule has 0 spiro atoms. The molecule has 108 valence electrons. The molecule has 1 aliphatic heterocycles. The van der Waals surface area contributed by atoms with Crippen molar-refractivity contribution in [1.29, 1.82) is 0 Å². The Bertz CT molecular complexity index is 655. The highest BCUT2D eigenvalue weighted by atomic mass is 16.2. The highest BCUT2D eigenvalue weighted by molar-refractivity contribution is 5.98. The van der Waals surface area contributed by atoms with E-state index in [1.54, 1.807) is 0 Å². The molecule has 2 aromatic carbocycles. The van der Waals surface area contributed by atoms with E-state index in [0.29, 0.717) is 6.54 Å². The second-order valence-corrected chi connectivity index (χ2v) is 6.77. The van der Waals surface area contributed by atoms with Crippen LogP contribution < -0.4 is 0 Å². The minimum atomic E-state index is -0.0148. The lowest BCUT2D eigenvalue weighted by Gasteiger charge is -2.38. The van der Waals surface area contributed by atoms with E-state index in [-0.39, 0.29) is 17.4 Å². The maximum Gasteiger partial charge on any atom is 0.255 e. The highest BCUT2D eigenvalue weighted by Crippen LogP contribution is 2.41. The number of amides is 1. The van der Waals surface area contributed by atoms with E-state index in [1.807, 2.05) is 41.3 Å². The summed E-state index contributed by atoms with van der Waals surface area (Å²) in [5.41, 5.74) is 3.17. The molecule has 0 aromatic heterocycles. The zero-order valence-electron chi connectivity index (χ0n) is 12.8. The van der Waals surface area contributed by atoms with Crippen molar-refractivity contribution in [2.45, 2.75) is 33.4 Å². The van der Waals surface area contributed by atoms with Crippen LogP contribution in [0, 0.1) is 5.41 Å². The molecule has 0 bridgehead atoms. The number of fused-ring (bicyclic) bond motifs is 1. The molecule has 21 heavy (non-hydrogen) atoms. The Hall–Kier alpha value is -2.09. The smallest absolute Gasteiger partial charge is 0.255 e. The van der Waals surface area contributed by atoms with Crippen LogP contribution in [0.3, 0.4) is 0 Å². The van der Waals surface area contributed by atoms with Crippen LogP contribution in [0.15, 0.2) is 54.6 Å². The van der Waals surface area contributed by atoms with Crippen LogP contribution in [-0.4, -0.2) is 10.8 Å². The van der Waals surface area contributed by atoms with Crippen LogP contribution in [0.1, 0.15) is 48.3 Å². The molecular weight excluding hydrogens is 258 g/mol. The fraction of sp³-hybridized carbons (Fsp3) is 0.316. The monoisotopic (exact) mass is 279 g/mol. The number of hydrogen-bond acceptors (Lipinski definition) is 1. The molecule has 0 fully saturated rings. The standard InChI is InChI=1S/C19H21NO/c1-19(2,3)17(14-9-5-4-6-10-14)20-13-15-11-7-8-12-16(15)18(20)21/h4-12,17H,13H2,1-3H3. The van der Waals surface area contributed by atoms with Gasteiger partial charge < -0.3 is 4.90 Å². The first-order chi connectivity index (χ1) is 9.98. The average Bonchev–Trinajstić information content (AvgIpc) is 2.77. The predicted molar refractivity (Wildman–Crippen MR) is 85.0 cm³/mol. The van der Waals surface area contributed by atoms with Crippen molar-refractivity contribution in [1.82, 2.24) is 4.90 Å². The molecule has 2 aromatic rings. The molecule has 0 aliphatic carbocycles. The minimum Gasteiger partial charge on any atom is -0.327 e. The first-order valence-electron chi connectivity index (χ1n) is 7.42. The fourth-order valence-electron chi connectivity index (χ4n) is 3.27. The van der Waals surface area contributed by atoms with E-state index in [9.17, 15) is 4.79 Å².